The van der Waals surface area contributed by atoms with Crippen molar-refractivity contribution in [1.82, 2.24) is 9.88 Å². The summed E-state index contributed by atoms with van der Waals surface area (Å²) in [5, 5.41) is 0. The highest BCUT2D eigenvalue weighted by molar-refractivity contribution is 5.90. The molecule has 0 unspecified atom stereocenters. The van der Waals surface area contributed by atoms with Gasteiger partial charge >= 0.3 is 0 Å². The summed E-state index contributed by atoms with van der Waals surface area (Å²) in [7, 11) is 0. The Hall–Kier alpha value is -1.62. The zero-order valence-corrected chi connectivity index (χ0v) is 14.2. The van der Waals surface area contributed by atoms with E-state index in [9.17, 15) is 4.79 Å². The molecule has 0 aliphatic carbocycles. The summed E-state index contributed by atoms with van der Waals surface area (Å²) in [6, 6.07) is 3.37. The SMILES string of the molecule is CCN1C(C)(C)CC(Oc2ccc(C(N)=O)nc2)CC1(C)C. The maximum Gasteiger partial charge on any atom is 0.267 e. The minimum absolute atomic E-state index is 0.0851. The van der Waals surface area contributed by atoms with Crippen LogP contribution in [0.2, 0.25) is 0 Å². The maximum atomic E-state index is 11.1. The molecule has 0 bridgehead atoms. The number of hydrogen-bond acceptors (Lipinski definition) is 4. The number of likely N-dealkylation sites (tertiary alicyclic amines) is 1. The third-order valence-electron chi connectivity index (χ3n) is 4.52. The lowest BCUT2D eigenvalue weighted by molar-refractivity contribution is -0.0697. The van der Waals surface area contributed by atoms with Crippen molar-refractivity contribution < 1.29 is 9.53 Å². The average molecular weight is 305 g/mol. The number of nitrogens with zero attached hydrogens (tertiary/aromatic N) is 2. The number of carbonyl (C=O) groups excluding carboxylic acids is 1. The molecule has 0 radical (unpaired) electrons. The highest BCUT2D eigenvalue weighted by Gasteiger charge is 2.45. The zero-order valence-electron chi connectivity index (χ0n) is 14.2. The van der Waals surface area contributed by atoms with E-state index < -0.39 is 5.91 Å². The monoisotopic (exact) mass is 305 g/mol. The van der Waals surface area contributed by atoms with E-state index in [0.717, 1.165) is 19.4 Å². The van der Waals surface area contributed by atoms with Gasteiger partial charge in [0.2, 0.25) is 0 Å². The van der Waals surface area contributed by atoms with Gasteiger partial charge < -0.3 is 10.5 Å². The lowest BCUT2D eigenvalue weighted by Crippen LogP contribution is -2.62. The zero-order chi connectivity index (χ0) is 16.5. The molecule has 1 saturated heterocycles. The van der Waals surface area contributed by atoms with Gasteiger partial charge in [0.25, 0.3) is 5.91 Å². The van der Waals surface area contributed by atoms with Gasteiger partial charge in [0.15, 0.2) is 0 Å². The van der Waals surface area contributed by atoms with Gasteiger partial charge in [-0.2, -0.15) is 0 Å². The lowest BCUT2D eigenvalue weighted by atomic mass is 9.78. The topological polar surface area (TPSA) is 68.5 Å². The van der Waals surface area contributed by atoms with Crippen molar-refractivity contribution in [3.8, 4) is 5.75 Å². The number of ether oxygens (including phenoxy) is 1. The standard InChI is InChI=1S/C17H27N3O2/c1-6-20-16(2,3)9-13(10-17(20,4)5)22-12-7-8-14(15(18)21)19-11-12/h7-8,11,13H,6,9-10H2,1-5H3,(H2,18,21). The average Bonchev–Trinajstić information content (AvgIpc) is 2.36. The number of nitrogens with two attached hydrogens (primary N) is 1. The first-order valence-corrected chi connectivity index (χ1v) is 7.86. The van der Waals surface area contributed by atoms with Crippen LogP contribution in [0.5, 0.6) is 5.75 Å². The van der Waals surface area contributed by atoms with E-state index in [2.05, 4.69) is 44.5 Å². The van der Waals surface area contributed by atoms with Crippen LogP contribution in [0.1, 0.15) is 57.9 Å². The van der Waals surface area contributed by atoms with Gasteiger partial charge in [-0.25, -0.2) is 4.98 Å². The van der Waals surface area contributed by atoms with Crippen LogP contribution in [-0.2, 0) is 0 Å². The predicted molar refractivity (Wildman–Crippen MR) is 86.9 cm³/mol. The van der Waals surface area contributed by atoms with E-state index in [1.807, 2.05) is 0 Å². The summed E-state index contributed by atoms with van der Waals surface area (Å²) in [6.45, 7) is 12.3. The number of amides is 1. The molecule has 1 amide bonds. The van der Waals surface area contributed by atoms with Crippen LogP contribution in [0, 0.1) is 0 Å². The summed E-state index contributed by atoms with van der Waals surface area (Å²) >= 11 is 0. The number of piperidine rings is 1. The van der Waals surface area contributed by atoms with Gasteiger partial charge in [-0.1, -0.05) is 6.92 Å². The van der Waals surface area contributed by atoms with E-state index in [1.165, 1.54) is 0 Å². The number of pyridine rings is 1. The Labute approximate surface area is 132 Å². The molecule has 22 heavy (non-hydrogen) atoms. The number of primary amides is 1. The fourth-order valence-electron chi connectivity index (χ4n) is 3.95. The van der Waals surface area contributed by atoms with Crippen LogP contribution < -0.4 is 10.5 Å². The van der Waals surface area contributed by atoms with Crippen molar-refractivity contribution in [3.63, 3.8) is 0 Å². The van der Waals surface area contributed by atoms with E-state index in [4.69, 9.17) is 10.5 Å². The van der Waals surface area contributed by atoms with Gasteiger partial charge in [0.05, 0.1) is 6.20 Å². The van der Waals surface area contributed by atoms with Crippen molar-refractivity contribution in [2.75, 3.05) is 6.54 Å². The van der Waals surface area contributed by atoms with Crippen LogP contribution in [0.15, 0.2) is 18.3 Å². The van der Waals surface area contributed by atoms with Gasteiger partial charge in [-0.15, -0.1) is 0 Å². The van der Waals surface area contributed by atoms with Gasteiger partial charge in [0.1, 0.15) is 17.5 Å². The molecule has 0 saturated carbocycles. The summed E-state index contributed by atoms with van der Waals surface area (Å²) < 4.78 is 6.11. The first kappa shape index (κ1) is 16.7. The largest absolute Gasteiger partial charge is 0.489 e. The van der Waals surface area contributed by atoms with Crippen molar-refractivity contribution in [1.29, 1.82) is 0 Å². The van der Waals surface area contributed by atoms with Gasteiger partial charge in [-0.3, -0.25) is 9.69 Å². The van der Waals surface area contributed by atoms with E-state index in [1.54, 1.807) is 18.3 Å². The van der Waals surface area contributed by atoms with Crippen LogP contribution in [0.25, 0.3) is 0 Å². The van der Waals surface area contributed by atoms with Crippen LogP contribution in [0.3, 0.4) is 0 Å². The molecule has 122 valence electrons. The van der Waals surface area contributed by atoms with Crippen molar-refractivity contribution in [2.24, 2.45) is 5.73 Å². The van der Waals surface area contributed by atoms with E-state index in [0.29, 0.717) is 5.75 Å². The van der Waals surface area contributed by atoms with Gasteiger partial charge in [0, 0.05) is 23.9 Å². The quantitative estimate of drug-likeness (QED) is 0.928. The second-order valence-electron chi connectivity index (χ2n) is 7.26. The normalized spacial score (nSPS) is 21.5. The summed E-state index contributed by atoms with van der Waals surface area (Å²) in [4.78, 5) is 17.6. The number of aromatic nitrogens is 1. The fourth-order valence-corrected chi connectivity index (χ4v) is 3.95. The molecule has 2 heterocycles. The Morgan fingerprint density at radius 3 is 2.32 bits per heavy atom. The molecule has 0 atom stereocenters. The molecular formula is C17H27N3O2. The predicted octanol–water partition coefficient (Wildman–Crippen LogP) is 2.60. The van der Waals surface area contributed by atoms with E-state index in [-0.39, 0.29) is 22.9 Å². The molecule has 1 aliphatic rings. The summed E-state index contributed by atoms with van der Waals surface area (Å²) in [6.07, 6.45) is 3.63. The molecule has 1 aliphatic heterocycles. The molecule has 0 spiro atoms. The molecule has 0 aromatic carbocycles. The Balaban J connectivity index is 2.12. The van der Waals surface area contributed by atoms with Crippen molar-refractivity contribution in [2.45, 2.75) is 64.6 Å². The van der Waals surface area contributed by atoms with E-state index >= 15 is 0 Å². The van der Waals surface area contributed by atoms with Crippen LogP contribution >= 0.6 is 0 Å². The third kappa shape index (κ3) is 3.40. The van der Waals surface area contributed by atoms with Crippen molar-refractivity contribution in [3.05, 3.63) is 24.0 Å². The smallest absolute Gasteiger partial charge is 0.267 e. The second-order valence-corrected chi connectivity index (χ2v) is 7.26. The molecule has 1 aromatic heterocycles. The Morgan fingerprint density at radius 2 is 1.91 bits per heavy atom. The summed E-state index contributed by atoms with van der Waals surface area (Å²) in [5.74, 6) is 0.164. The first-order chi connectivity index (χ1) is 10.2. The fraction of sp³-hybridized carbons (Fsp3) is 0.647. The molecule has 2 rings (SSSR count). The van der Waals surface area contributed by atoms with Gasteiger partial charge in [-0.05, 0) is 46.4 Å². The lowest BCUT2D eigenvalue weighted by Gasteiger charge is -2.54. The Morgan fingerprint density at radius 1 is 1.32 bits per heavy atom. The number of hydrogen-bond donors (Lipinski definition) is 1. The minimum atomic E-state index is -0.523. The van der Waals surface area contributed by atoms with Crippen LogP contribution in [-0.4, -0.2) is 39.5 Å². The number of rotatable bonds is 4. The molecule has 2 N–H and O–H groups in total. The number of carbonyl (C=O) groups is 1. The second kappa shape index (κ2) is 5.88. The molecular weight excluding hydrogens is 278 g/mol. The molecule has 5 heteroatoms. The Kier molecular flexibility index (Phi) is 4.47. The third-order valence-corrected chi connectivity index (χ3v) is 4.52. The minimum Gasteiger partial charge on any atom is -0.489 e. The molecule has 1 fully saturated rings. The van der Waals surface area contributed by atoms with Crippen molar-refractivity contribution >= 4 is 5.91 Å². The summed E-state index contributed by atoms with van der Waals surface area (Å²) in [5.41, 5.74) is 5.63. The molecule has 1 aromatic rings. The molecule has 5 nitrogen and oxygen atoms in total. The highest BCUT2D eigenvalue weighted by atomic mass is 16.5. The van der Waals surface area contributed by atoms with Crippen LogP contribution in [0.4, 0.5) is 0 Å². The maximum absolute atomic E-state index is 11.1. The first-order valence-electron chi connectivity index (χ1n) is 7.86. The highest BCUT2D eigenvalue weighted by Crippen LogP contribution is 2.39. The Bertz CT molecular complexity index is 519.